The summed E-state index contributed by atoms with van der Waals surface area (Å²) in [6.45, 7) is 3.98. The van der Waals surface area contributed by atoms with E-state index in [1.165, 1.54) is 0 Å². The van der Waals surface area contributed by atoms with E-state index in [2.05, 4.69) is 0 Å². The van der Waals surface area contributed by atoms with Gasteiger partial charge in [0.1, 0.15) is 0 Å². The van der Waals surface area contributed by atoms with E-state index in [4.69, 9.17) is 0 Å². The van der Waals surface area contributed by atoms with Gasteiger partial charge in [-0.05, 0) is 44.7 Å². The summed E-state index contributed by atoms with van der Waals surface area (Å²) in [5.74, 6) is -3.71. The highest BCUT2D eigenvalue weighted by Crippen LogP contribution is 2.30. The monoisotopic (exact) mass is 366 g/mol. The second-order valence-electron chi connectivity index (χ2n) is 5.73. The van der Waals surface area contributed by atoms with Gasteiger partial charge in [-0.2, -0.15) is 13.2 Å². The Morgan fingerprint density at radius 2 is 1.71 bits per heavy atom. The molecule has 1 rings (SSSR count). The first-order chi connectivity index (χ1) is 10.8. The average Bonchev–Trinajstić information content (AvgIpc) is 2.34. The fourth-order valence-electron chi connectivity index (χ4n) is 2.55. The van der Waals surface area contributed by atoms with Gasteiger partial charge in [-0.15, -0.1) is 0 Å². The predicted octanol–water partition coefficient (Wildman–Crippen LogP) is 1.60. The van der Waals surface area contributed by atoms with Crippen molar-refractivity contribution in [3.63, 3.8) is 0 Å². The van der Waals surface area contributed by atoms with E-state index in [-0.39, 0.29) is 4.90 Å². The maximum Gasteiger partial charge on any atom is 0.393 e. The number of carboxylic acid groups (broad SMARTS) is 1. The van der Waals surface area contributed by atoms with Gasteiger partial charge in [0.15, 0.2) is 0 Å². The Morgan fingerprint density at radius 3 is 2.12 bits per heavy atom. The van der Waals surface area contributed by atoms with Crippen molar-refractivity contribution in [3.8, 4) is 0 Å². The number of carbonyl (C=O) groups excluding carboxylic acids is 1. The van der Waals surface area contributed by atoms with Crippen molar-refractivity contribution in [2.45, 2.75) is 44.7 Å². The van der Waals surface area contributed by atoms with Crippen molar-refractivity contribution in [2.75, 3.05) is 6.54 Å². The summed E-state index contributed by atoms with van der Waals surface area (Å²) < 4.78 is 65.4. The van der Waals surface area contributed by atoms with Gasteiger partial charge < -0.3 is 9.90 Å². The van der Waals surface area contributed by atoms with Crippen LogP contribution in [0.1, 0.15) is 29.5 Å². The number of carbonyl (C=O) groups is 1. The van der Waals surface area contributed by atoms with Crippen molar-refractivity contribution < 1.29 is 31.5 Å². The molecule has 0 aliphatic rings. The van der Waals surface area contributed by atoms with Gasteiger partial charge in [0.2, 0.25) is 10.0 Å². The molecule has 0 radical (unpaired) electrons. The van der Waals surface area contributed by atoms with E-state index in [0.29, 0.717) is 11.1 Å². The van der Waals surface area contributed by atoms with Crippen LogP contribution < -0.4 is 9.83 Å². The van der Waals surface area contributed by atoms with Crippen molar-refractivity contribution in [1.29, 1.82) is 0 Å². The highest BCUT2D eigenvalue weighted by molar-refractivity contribution is 7.89. The predicted molar refractivity (Wildman–Crippen MR) is 79.6 cm³/mol. The summed E-state index contributed by atoms with van der Waals surface area (Å²) in [6.07, 6.45) is -6.26. The smallest absolute Gasteiger partial charge is 0.393 e. The summed E-state index contributed by atoms with van der Waals surface area (Å²) in [5, 5.41) is 10.4. The third kappa shape index (κ3) is 5.48. The zero-order valence-corrected chi connectivity index (χ0v) is 14.3. The quantitative estimate of drug-likeness (QED) is 0.794. The normalized spacial score (nSPS) is 13.8. The Labute approximate surface area is 138 Å². The lowest BCUT2D eigenvalue weighted by atomic mass is 10.0. The molecule has 136 valence electrons. The summed E-state index contributed by atoms with van der Waals surface area (Å²) in [7, 11) is -4.15. The minimum atomic E-state index is -4.71. The summed E-state index contributed by atoms with van der Waals surface area (Å²) in [5.41, 5.74) is 1.70. The molecule has 1 aromatic carbocycles. The van der Waals surface area contributed by atoms with Gasteiger partial charge in [0, 0.05) is 12.5 Å². The van der Waals surface area contributed by atoms with Crippen LogP contribution >= 0.6 is 0 Å². The maximum absolute atomic E-state index is 12.9. The number of sulfonamides is 1. The van der Waals surface area contributed by atoms with Crippen molar-refractivity contribution in [1.82, 2.24) is 4.72 Å². The van der Waals surface area contributed by atoms with Crippen LogP contribution in [0, 0.1) is 26.7 Å². The summed E-state index contributed by atoms with van der Waals surface area (Å²) in [6, 6.07) is 3.25. The number of alkyl halides is 3. The second-order valence-corrected chi connectivity index (χ2v) is 7.43. The van der Waals surface area contributed by atoms with Crippen LogP contribution in [0.5, 0.6) is 0 Å². The minimum absolute atomic E-state index is 0.0612. The van der Waals surface area contributed by atoms with Crippen LogP contribution in [0.3, 0.4) is 0 Å². The van der Waals surface area contributed by atoms with Crippen molar-refractivity contribution in [3.05, 3.63) is 28.8 Å². The minimum Gasteiger partial charge on any atom is -0.550 e. The highest BCUT2D eigenvalue weighted by Gasteiger charge is 2.39. The lowest BCUT2D eigenvalue weighted by Gasteiger charge is -2.21. The van der Waals surface area contributed by atoms with Gasteiger partial charge >= 0.3 is 6.18 Å². The Bertz CT molecular complexity index is 691. The number of hydrogen-bond donors (Lipinski definition) is 1. The molecule has 1 N–H and O–H groups in total. The molecule has 0 spiro atoms. The SMILES string of the molecule is Cc1cc(C)c(S(=O)(=O)NC[C@H](CCC(=O)[O-])C(F)(F)F)c(C)c1. The van der Waals surface area contributed by atoms with Gasteiger partial charge in [-0.25, -0.2) is 13.1 Å². The van der Waals surface area contributed by atoms with Gasteiger partial charge in [-0.3, -0.25) is 0 Å². The Morgan fingerprint density at radius 1 is 1.21 bits per heavy atom. The molecule has 1 aromatic rings. The molecule has 24 heavy (non-hydrogen) atoms. The summed E-state index contributed by atoms with van der Waals surface area (Å²) >= 11 is 0. The number of nitrogens with one attached hydrogen (secondary N) is 1. The lowest BCUT2D eigenvalue weighted by Crippen LogP contribution is -2.38. The highest BCUT2D eigenvalue weighted by atomic mass is 32.2. The molecule has 0 saturated carbocycles. The fraction of sp³-hybridized carbons (Fsp3) is 0.533. The van der Waals surface area contributed by atoms with Crippen LogP contribution in [0.25, 0.3) is 0 Å². The first-order valence-electron chi connectivity index (χ1n) is 7.18. The number of carboxylic acids is 1. The summed E-state index contributed by atoms with van der Waals surface area (Å²) in [4.78, 5) is 10.3. The van der Waals surface area contributed by atoms with E-state index < -0.39 is 47.5 Å². The van der Waals surface area contributed by atoms with E-state index in [9.17, 15) is 31.5 Å². The zero-order valence-electron chi connectivity index (χ0n) is 13.5. The molecule has 0 amide bonds. The molecular formula is C15H19F3NO4S-. The molecule has 0 bridgehead atoms. The number of halogens is 3. The van der Waals surface area contributed by atoms with Crippen molar-refractivity contribution >= 4 is 16.0 Å². The molecule has 0 fully saturated rings. The van der Waals surface area contributed by atoms with E-state index >= 15 is 0 Å². The lowest BCUT2D eigenvalue weighted by molar-refractivity contribution is -0.306. The molecule has 1 atom stereocenters. The van der Waals surface area contributed by atoms with Crippen LogP contribution in [0.15, 0.2) is 17.0 Å². The average molecular weight is 366 g/mol. The molecule has 0 saturated heterocycles. The molecular weight excluding hydrogens is 347 g/mol. The zero-order chi connectivity index (χ0) is 18.7. The molecule has 0 aliphatic carbocycles. The van der Waals surface area contributed by atoms with Crippen LogP contribution in [-0.4, -0.2) is 27.1 Å². The Kier molecular flexibility index (Phi) is 6.40. The molecule has 0 unspecified atom stereocenters. The third-order valence-electron chi connectivity index (χ3n) is 3.55. The number of aliphatic carboxylic acids is 1. The molecule has 9 heteroatoms. The largest absolute Gasteiger partial charge is 0.550 e. The molecule has 0 heterocycles. The van der Waals surface area contributed by atoms with Gasteiger partial charge in [0.25, 0.3) is 0 Å². The van der Waals surface area contributed by atoms with Crippen LogP contribution in [0.4, 0.5) is 13.2 Å². The van der Waals surface area contributed by atoms with Crippen LogP contribution in [-0.2, 0) is 14.8 Å². The van der Waals surface area contributed by atoms with Gasteiger partial charge in [-0.1, -0.05) is 17.7 Å². The molecule has 0 aromatic heterocycles. The van der Waals surface area contributed by atoms with Crippen molar-refractivity contribution in [2.24, 2.45) is 5.92 Å². The number of rotatable bonds is 7. The fourth-order valence-corrected chi connectivity index (χ4v) is 4.08. The third-order valence-corrected chi connectivity index (χ3v) is 5.28. The number of hydrogen-bond acceptors (Lipinski definition) is 4. The Hall–Kier alpha value is -1.61. The van der Waals surface area contributed by atoms with E-state index in [1.54, 1.807) is 32.9 Å². The molecule has 0 aliphatic heterocycles. The number of benzene rings is 1. The number of aryl methyl sites for hydroxylation is 3. The molecule has 5 nitrogen and oxygen atoms in total. The first-order valence-corrected chi connectivity index (χ1v) is 8.67. The van der Waals surface area contributed by atoms with Crippen LogP contribution in [0.2, 0.25) is 0 Å². The van der Waals surface area contributed by atoms with E-state index in [1.807, 2.05) is 4.72 Å². The Balaban J connectivity index is 2.99. The second kappa shape index (κ2) is 7.52. The van der Waals surface area contributed by atoms with E-state index in [0.717, 1.165) is 5.56 Å². The topological polar surface area (TPSA) is 86.3 Å². The first kappa shape index (κ1) is 20.4. The standard InChI is InChI=1S/C15H20F3NO4S/c1-9-6-10(2)14(11(3)7-9)24(22,23)19-8-12(15(16,17)18)4-5-13(20)21/h6-7,12,19H,4-5,8H2,1-3H3,(H,20,21)/p-1/t12-/m0/s1. The van der Waals surface area contributed by atoms with Gasteiger partial charge in [0.05, 0.1) is 10.8 Å². The maximum atomic E-state index is 12.9.